The Kier molecular flexibility index (Phi) is 3.58. The lowest BCUT2D eigenvalue weighted by molar-refractivity contribution is -0.137. The van der Waals surface area contributed by atoms with E-state index in [2.05, 4.69) is 15.0 Å². The Hall–Kier alpha value is -3.14. The van der Waals surface area contributed by atoms with Crippen molar-refractivity contribution in [1.82, 2.24) is 23.9 Å². The molecule has 0 unspecified atom stereocenters. The number of benzene rings is 1. The van der Waals surface area contributed by atoms with Crippen LogP contribution in [0.1, 0.15) is 17.0 Å². The second-order valence-corrected chi connectivity index (χ2v) is 5.74. The van der Waals surface area contributed by atoms with Gasteiger partial charge in [0.05, 0.1) is 47.5 Å². The number of fused-ring (bicyclic) bond motifs is 3. The van der Waals surface area contributed by atoms with Crippen LogP contribution < -0.4 is 5.56 Å². The van der Waals surface area contributed by atoms with Crippen molar-refractivity contribution in [3.8, 4) is 0 Å². The fourth-order valence-electron chi connectivity index (χ4n) is 2.94. The lowest BCUT2D eigenvalue weighted by atomic mass is 10.2. The number of alkyl halides is 3. The van der Waals surface area contributed by atoms with Crippen molar-refractivity contribution in [1.29, 1.82) is 0 Å². The molecular weight excluding hydrogens is 351 g/mol. The Bertz CT molecular complexity index is 1160. The van der Waals surface area contributed by atoms with Gasteiger partial charge >= 0.3 is 6.18 Å². The number of hydrogen-bond donors (Lipinski definition) is 2. The summed E-state index contributed by atoms with van der Waals surface area (Å²) in [6.45, 7) is -0.163. The predicted octanol–water partition coefficient (Wildman–Crippen LogP) is 1.93. The first kappa shape index (κ1) is 16.3. The van der Waals surface area contributed by atoms with E-state index in [9.17, 15) is 23.1 Å². The van der Waals surface area contributed by atoms with Gasteiger partial charge in [-0.15, -0.1) is 0 Å². The van der Waals surface area contributed by atoms with E-state index in [4.69, 9.17) is 0 Å². The van der Waals surface area contributed by atoms with E-state index in [1.54, 1.807) is 23.3 Å². The van der Waals surface area contributed by atoms with E-state index in [-0.39, 0.29) is 23.4 Å². The van der Waals surface area contributed by atoms with Gasteiger partial charge in [-0.1, -0.05) is 0 Å². The van der Waals surface area contributed by atoms with Gasteiger partial charge in [0, 0.05) is 12.4 Å². The third kappa shape index (κ3) is 2.54. The van der Waals surface area contributed by atoms with Crippen molar-refractivity contribution in [2.24, 2.45) is 0 Å². The zero-order chi connectivity index (χ0) is 18.5. The molecule has 0 atom stereocenters. The summed E-state index contributed by atoms with van der Waals surface area (Å²) >= 11 is 0. The maximum atomic E-state index is 13.0. The number of aliphatic hydroxyl groups is 1. The molecule has 0 spiro atoms. The third-order valence-electron chi connectivity index (χ3n) is 4.11. The van der Waals surface area contributed by atoms with Crippen molar-refractivity contribution in [3.05, 3.63) is 64.2 Å². The third-order valence-corrected chi connectivity index (χ3v) is 4.11. The normalized spacial score (nSPS) is 12.3. The number of halogens is 3. The van der Waals surface area contributed by atoms with E-state index < -0.39 is 23.9 Å². The highest BCUT2D eigenvalue weighted by Crippen LogP contribution is 2.31. The molecule has 0 amide bonds. The minimum Gasteiger partial charge on any atom is -0.390 e. The Morgan fingerprint density at radius 3 is 2.73 bits per heavy atom. The van der Waals surface area contributed by atoms with Crippen LogP contribution >= 0.6 is 0 Å². The molecule has 4 aromatic rings. The summed E-state index contributed by atoms with van der Waals surface area (Å²) in [6, 6.07) is 3.11. The van der Waals surface area contributed by atoms with Crippen molar-refractivity contribution in [3.63, 3.8) is 0 Å². The molecule has 3 heterocycles. The van der Waals surface area contributed by atoms with Crippen LogP contribution in [0.25, 0.3) is 16.7 Å². The zero-order valence-corrected chi connectivity index (χ0v) is 13.2. The Morgan fingerprint density at radius 1 is 1.27 bits per heavy atom. The molecule has 134 valence electrons. The van der Waals surface area contributed by atoms with E-state index in [1.807, 2.05) is 0 Å². The molecule has 4 rings (SSSR count). The molecular formula is C16H12F3N5O2. The molecule has 10 heteroatoms. The second kappa shape index (κ2) is 5.70. The number of hydrogen-bond acceptors (Lipinski definition) is 4. The Balaban J connectivity index is 2.04. The number of aromatic nitrogens is 5. The molecule has 2 N–H and O–H groups in total. The minimum absolute atomic E-state index is 0.0106. The van der Waals surface area contributed by atoms with E-state index >= 15 is 0 Å². The fraction of sp³-hybridized carbons (Fsp3) is 0.188. The van der Waals surface area contributed by atoms with Crippen LogP contribution in [0.3, 0.4) is 0 Å². The monoisotopic (exact) mass is 363 g/mol. The van der Waals surface area contributed by atoms with Gasteiger partial charge in [0.1, 0.15) is 0 Å². The summed E-state index contributed by atoms with van der Waals surface area (Å²) in [4.78, 5) is 22.8. The van der Waals surface area contributed by atoms with Crippen LogP contribution in [0.15, 0.2) is 41.7 Å². The van der Waals surface area contributed by atoms with E-state index in [1.165, 1.54) is 10.5 Å². The maximum Gasteiger partial charge on any atom is 0.416 e. The van der Waals surface area contributed by atoms with E-state index in [0.717, 1.165) is 12.1 Å². The number of aliphatic hydroxyl groups excluding tert-OH is 1. The molecule has 0 aliphatic carbocycles. The first-order valence-corrected chi connectivity index (χ1v) is 7.58. The summed E-state index contributed by atoms with van der Waals surface area (Å²) in [6.07, 6.45) is 0.294. The molecule has 3 aromatic heterocycles. The molecule has 0 aliphatic rings. The van der Waals surface area contributed by atoms with Crippen LogP contribution in [0.4, 0.5) is 13.2 Å². The first-order chi connectivity index (χ1) is 12.4. The number of nitrogens with one attached hydrogen (secondary N) is 1. The van der Waals surface area contributed by atoms with Crippen LogP contribution in [0.2, 0.25) is 0 Å². The van der Waals surface area contributed by atoms with Gasteiger partial charge in [0.2, 0.25) is 5.65 Å². The Morgan fingerprint density at radius 2 is 2.08 bits per heavy atom. The molecule has 7 nitrogen and oxygen atoms in total. The van der Waals surface area contributed by atoms with Gasteiger partial charge in [-0.05, 0) is 18.2 Å². The van der Waals surface area contributed by atoms with Gasteiger partial charge in [0.15, 0.2) is 0 Å². The summed E-state index contributed by atoms with van der Waals surface area (Å²) in [5, 5.41) is 9.60. The molecule has 0 radical (unpaired) electrons. The Labute approximate surface area is 143 Å². The van der Waals surface area contributed by atoms with Crippen molar-refractivity contribution < 1.29 is 18.3 Å². The van der Waals surface area contributed by atoms with Gasteiger partial charge in [-0.3, -0.25) is 9.20 Å². The molecule has 0 bridgehead atoms. The van der Waals surface area contributed by atoms with Gasteiger partial charge < -0.3 is 14.7 Å². The van der Waals surface area contributed by atoms with Gasteiger partial charge in [0.25, 0.3) is 5.56 Å². The van der Waals surface area contributed by atoms with Gasteiger partial charge in [-0.25, -0.2) is 9.97 Å². The smallest absolute Gasteiger partial charge is 0.390 e. The lowest BCUT2D eigenvalue weighted by Crippen LogP contribution is -2.14. The van der Waals surface area contributed by atoms with Gasteiger partial charge in [-0.2, -0.15) is 13.2 Å². The fourth-order valence-corrected chi connectivity index (χ4v) is 2.94. The van der Waals surface area contributed by atoms with Crippen LogP contribution in [0.5, 0.6) is 0 Å². The number of imidazole rings is 2. The van der Waals surface area contributed by atoms with E-state index in [0.29, 0.717) is 11.2 Å². The second-order valence-electron chi connectivity index (χ2n) is 5.74. The quantitative estimate of drug-likeness (QED) is 0.582. The topological polar surface area (TPSA) is 88.2 Å². The minimum atomic E-state index is -4.52. The standard InChI is InChI=1S/C16H12F3N5O2/c17-16(18,19)9-1-2-12-10(5-9)22-15(26)14-21-11(7-25)13(24(12)14)6-23-4-3-20-8-23/h1-5,8,25H,6-7H2,(H,22,26). The maximum absolute atomic E-state index is 13.0. The predicted molar refractivity (Wildman–Crippen MR) is 85.6 cm³/mol. The highest BCUT2D eigenvalue weighted by atomic mass is 19.4. The average Bonchev–Trinajstić information content (AvgIpc) is 3.22. The highest BCUT2D eigenvalue weighted by Gasteiger charge is 2.31. The van der Waals surface area contributed by atoms with Crippen molar-refractivity contribution >= 4 is 16.7 Å². The molecule has 1 aromatic carbocycles. The molecule has 0 saturated carbocycles. The molecule has 0 saturated heterocycles. The SMILES string of the molecule is O=c1[nH]c2cc(C(F)(F)F)ccc2n2c(Cn3ccnc3)c(CO)nc12. The highest BCUT2D eigenvalue weighted by molar-refractivity contribution is 5.79. The lowest BCUT2D eigenvalue weighted by Gasteiger charge is -2.11. The number of aromatic amines is 1. The first-order valence-electron chi connectivity index (χ1n) is 7.58. The van der Waals surface area contributed by atoms with Crippen LogP contribution in [-0.4, -0.2) is 29.0 Å². The van der Waals surface area contributed by atoms with Crippen LogP contribution in [-0.2, 0) is 19.3 Å². The number of rotatable bonds is 3. The molecule has 0 aliphatic heterocycles. The summed E-state index contributed by atoms with van der Waals surface area (Å²) < 4.78 is 42.1. The number of H-pyrrole nitrogens is 1. The van der Waals surface area contributed by atoms with Crippen LogP contribution in [0, 0.1) is 0 Å². The molecule has 26 heavy (non-hydrogen) atoms. The average molecular weight is 363 g/mol. The summed E-state index contributed by atoms with van der Waals surface area (Å²) in [5.41, 5.74) is -0.326. The summed E-state index contributed by atoms with van der Waals surface area (Å²) in [7, 11) is 0. The molecule has 0 fully saturated rings. The van der Waals surface area contributed by atoms with Crippen molar-refractivity contribution in [2.45, 2.75) is 19.3 Å². The zero-order valence-electron chi connectivity index (χ0n) is 13.2. The summed E-state index contributed by atoms with van der Waals surface area (Å²) in [5.74, 6) is 0. The number of nitrogens with zero attached hydrogens (tertiary/aromatic N) is 4. The largest absolute Gasteiger partial charge is 0.416 e. The van der Waals surface area contributed by atoms with Crippen molar-refractivity contribution in [2.75, 3.05) is 0 Å².